The van der Waals surface area contributed by atoms with Crippen molar-refractivity contribution in [1.82, 2.24) is 20.1 Å². The Balaban J connectivity index is 1.22. The fourth-order valence-corrected chi connectivity index (χ4v) is 5.52. The number of hydrogen-bond donors (Lipinski definition) is 2. The molecule has 17 heteroatoms. The average Bonchev–Trinajstić information content (AvgIpc) is 3.65. The van der Waals surface area contributed by atoms with Crippen LogP contribution in [0.25, 0.3) is 0 Å². The molecule has 2 atom stereocenters. The molecule has 3 aliphatic heterocycles. The first-order valence-electron chi connectivity index (χ1n) is 13.6. The minimum atomic E-state index is -5.06. The van der Waals surface area contributed by atoms with Crippen LogP contribution in [0.3, 0.4) is 0 Å². The van der Waals surface area contributed by atoms with Gasteiger partial charge in [0.1, 0.15) is 5.84 Å². The average molecular weight is 649 g/mol. The Kier molecular flexibility index (Phi) is 8.84. The van der Waals surface area contributed by atoms with E-state index >= 15 is 0 Å². The minimum Gasteiger partial charge on any atom is -0.417 e. The number of piperazine rings is 1. The van der Waals surface area contributed by atoms with Crippen LogP contribution in [0.15, 0.2) is 45.6 Å². The number of nitrogens with one attached hydrogen (secondary N) is 1. The summed E-state index contributed by atoms with van der Waals surface area (Å²) in [6.45, 7) is 0.883. The highest BCUT2D eigenvalue weighted by molar-refractivity contribution is 6.30. The van der Waals surface area contributed by atoms with Crippen LogP contribution in [0.1, 0.15) is 47.0 Å². The number of amidine groups is 1. The summed E-state index contributed by atoms with van der Waals surface area (Å²) >= 11 is 6.07. The Morgan fingerprint density at radius 2 is 1.77 bits per heavy atom. The van der Waals surface area contributed by atoms with Crippen molar-refractivity contribution < 1.29 is 45.5 Å². The number of alkyl halides is 6. The van der Waals surface area contributed by atoms with Gasteiger partial charge in [-0.05, 0) is 30.5 Å². The van der Waals surface area contributed by atoms with Gasteiger partial charge in [-0.1, -0.05) is 23.7 Å². The van der Waals surface area contributed by atoms with Crippen molar-refractivity contribution in [2.24, 2.45) is 4.99 Å². The Morgan fingerprint density at radius 1 is 1.05 bits per heavy atom. The predicted molar refractivity (Wildman–Crippen MR) is 145 cm³/mol. The van der Waals surface area contributed by atoms with E-state index in [4.69, 9.17) is 16.0 Å². The third-order valence-corrected chi connectivity index (χ3v) is 7.87. The molecule has 4 heterocycles. The zero-order valence-corrected chi connectivity index (χ0v) is 23.7. The van der Waals surface area contributed by atoms with Gasteiger partial charge >= 0.3 is 12.4 Å². The smallest absolute Gasteiger partial charge is 0.417 e. The highest BCUT2D eigenvalue weighted by Crippen LogP contribution is 2.37. The number of hydrogen-bond acceptors (Lipinski definition) is 8. The van der Waals surface area contributed by atoms with Gasteiger partial charge < -0.3 is 29.5 Å². The lowest BCUT2D eigenvalue weighted by molar-refractivity contribution is -0.211. The summed E-state index contributed by atoms with van der Waals surface area (Å²) < 4.78 is 84.9. The Morgan fingerprint density at radius 3 is 2.39 bits per heavy atom. The fraction of sp³-hybridized carbons (Fsp3) is 0.481. The minimum absolute atomic E-state index is 0.0124. The summed E-state index contributed by atoms with van der Waals surface area (Å²) in [5.74, 6) is -3.01. The summed E-state index contributed by atoms with van der Waals surface area (Å²) in [6.07, 6.45) is -10.7. The number of nitrogens with zero attached hydrogens (tertiary/aromatic N) is 5. The van der Waals surface area contributed by atoms with E-state index in [1.165, 1.54) is 6.20 Å². The molecule has 2 amide bonds. The van der Waals surface area contributed by atoms with Gasteiger partial charge in [0.25, 0.3) is 17.8 Å². The monoisotopic (exact) mass is 648 g/mol. The number of amides is 2. The van der Waals surface area contributed by atoms with Crippen LogP contribution in [0.2, 0.25) is 5.02 Å². The lowest BCUT2D eigenvalue weighted by Crippen LogP contribution is -2.55. The quantitative estimate of drug-likeness (QED) is 0.468. The molecule has 1 aromatic heterocycles. The number of rotatable bonds is 5. The molecular formula is C27H27ClF6N6O4. The van der Waals surface area contributed by atoms with Gasteiger partial charge in [0.15, 0.2) is 5.69 Å². The van der Waals surface area contributed by atoms with Crippen LogP contribution >= 0.6 is 11.6 Å². The van der Waals surface area contributed by atoms with Crippen molar-refractivity contribution in [3.8, 4) is 0 Å². The molecule has 0 saturated carbocycles. The second-order valence-corrected chi connectivity index (χ2v) is 11.0. The van der Waals surface area contributed by atoms with E-state index in [-0.39, 0.29) is 56.7 Å². The number of halogens is 7. The molecule has 10 nitrogen and oxygen atoms in total. The molecular weight excluding hydrogens is 622 g/mol. The molecule has 5 rings (SSSR count). The van der Waals surface area contributed by atoms with Gasteiger partial charge in [-0.3, -0.25) is 9.59 Å². The first-order valence-corrected chi connectivity index (χ1v) is 14.0. The number of anilines is 1. The van der Waals surface area contributed by atoms with Crippen LogP contribution in [0.4, 0.5) is 32.4 Å². The van der Waals surface area contributed by atoms with E-state index in [9.17, 15) is 41.0 Å². The second-order valence-electron chi connectivity index (χ2n) is 10.6. The van der Waals surface area contributed by atoms with Gasteiger partial charge in [0.05, 0.1) is 0 Å². The van der Waals surface area contributed by atoms with E-state index < -0.39 is 41.7 Å². The molecule has 44 heavy (non-hydrogen) atoms. The molecule has 2 aromatic rings. The largest absolute Gasteiger partial charge is 0.437 e. The van der Waals surface area contributed by atoms with Crippen molar-refractivity contribution in [2.75, 3.05) is 44.2 Å². The van der Waals surface area contributed by atoms with E-state index in [0.29, 0.717) is 30.4 Å². The standard InChI is InChI=1S/C27H27ClF6N6O4/c28-17-3-1-2-15(12-17)16-6-7-40(14-16)25-37-21(26(29,30)31)20(44-25)23(42)36-18-4-5-19(35-13-18)38-8-10-39(11-9-38)24(43)22(41)27(32,33)34/h1-3,12-13,16,22,41H,4-11,14H2,(H,36,42). The maximum absolute atomic E-state index is 13.8. The fourth-order valence-electron chi connectivity index (χ4n) is 5.32. The molecule has 238 valence electrons. The summed E-state index contributed by atoms with van der Waals surface area (Å²) in [6, 6.07) is 6.88. The molecule has 0 radical (unpaired) electrons. The summed E-state index contributed by atoms with van der Waals surface area (Å²) in [5.41, 5.74) is -0.283. The summed E-state index contributed by atoms with van der Waals surface area (Å²) in [5, 5.41) is 12.2. The van der Waals surface area contributed by atoms with Crippen molar-refractivity contribution in [3.05, 3.63) is 58.2 Å². The molecule has 2 N–H and O–H groups in total. The third kappa shape index (κ3) is 6.96. The van der Waals surface area contributed by atoms with Gasteiger partial charge in [-0.15, -0.1) is 0 Å². The zero-order valence-electron chi connectivity index (χ0n) is 23.0. The number of aliphatic hydroxyl groups excluding tert-OH is 1. The molecule has 0 spiro atoms. The van der Waals surface area contributed by atoms with Crippen molar-refractivity contribution >= 4 is 35.3 Å². The van der Waals surface area contributed by atoms with Gasteiger partial charge in [0.2, 0.25) is 11.9 Å². The first kappa shape index (κ1) is 31.6. The maximum atomic E-state index is 13.8. The lowest BCUT2D eigenvalue weighted by atomic mass is 9.99. The van der Waals surface area contributed by atoms with Crippen LogP contribution in [-0.2, 0) is 11.0 Å². The lowest BCUT2D eigenvalue weighted by Gasteiger charge is -2.38. The van der Waals surface area contributed by atoms with Crippen LogP contribution in [-0.4, -0.2) is 89.1 Å². The van der Waals surface area contributed by atoms with Gasteiger partial charge in [-0.25, -0.2) is 4.99 Å². The van der Waals surface area contributed by atoms with E-state index in [0.717, 1.165) is 10.5 Å². The number of carbonyl (C=O) groups excluding carboxylic acids is 2. The highest BCUT2D eigenvalue weighted by Gasteiger charge is 2.46. The Labute approximate surface area is 252 Å². The number of aliphatic imine (C=N–C) groups is 1. The third-order valence-electron chi connectivity index (χ3n) is 7.63. The number of benzene rings is 1. The molecule has 0 aliphatic carbocycles. The van der Waals surface area contributed by atoms with Crippen molar-refractivity contribution in [3.63, 3.8) is 0 Å². The van der Waals surface area contributed by atoms with E-state index in [1.54, 1.807) is 28.0 Å². The Bertz CT molecular complexity index is 1470. The van der Waals surface area contributed by atoms with Crippen LogP contribution in [0.5, 0.6) is 0 Å². The summed E-state index contributed by atoms with van der Waals surface area (Å²) in [4.78, 5) is 36.9. The predicted octanol–water partition coefficient (Wildman–Crippen LogP) is 4.17. The molecule has 2 unspecified atom stereocenters. The molecule has 0 bridgehead atoms. The number of aromatic nitrogens is 1. The van der Waals surface area contributed by atoms with Crippen LogP contribution in [0, 0.1) is 0 Å². The Hall–Kier alpha value is -3.79. The normalized spacial score (nSPS) is 20.4. The summed E-state index contributed by atoms with van der Waals surface area (Å²) in [7, 11) is 0. The second kappa shape index (κ2) is 12.3. The number of oxazole rings is 1. The van der Waals surface area contributed by atoms with Crippen LogP contribution < -0.4 is 10.2 Å². The maximum Gasteiger partial charge on any atom is 0.437 e. The molecule has 1 aromatic carbocycles. The van der Waals surface area contributed by atoms with Gasteiger partial charge in [0, 0.05) is 68.5 Å². The van der Waals surface area contributed by atoms with E-state index in [2.05, 4.69) is 15.3 Å². The number of allylic oxidation sites excluding steroid dienone is 1. The number of carbonyl (C=O) groups is 2. The first-order chi connectivity index (χ1) is 20.7. The topological polar surface area (TPSA) is 115 Å². The van der Waals surface area contributed by atoms with Crippen molar-refractivity contribution in [2.45, 2.75) is 43.6 Å². The van der Waals surface area contributed by atoms with Crippen molar-refractivity contribution in [1.29, 1.82) is 0 Å². The molecule has 2 saturated heterocycles. The highest BCUT2D eigenvalue weighted by atomic mass is 35.5. The molecule has 3 aliphatic rings. The number of aliphatic hydroxyl groups is 1. The van der Waals surface area contributed by atoms with Gasteiger partial charge in [-0.2, -0.15) is 31.3 Å². The SMILES string of the molecule is O=C(NC1=CN=C(N2CCN(C(=O)C(O)C(F)(F)F)CC2)CC1)c1oc(N2CCC(c3cccc(Cl)c3)C2)nc1C(F)(F)F. The van der Waals surface area contributed by atoms with E-state index in [1.807, 2.05) is 6.07 Å². The molecule has 2 fully saturated rings. The zero-order chi connectivity index (χ0) is 31.8.